The number of nitrogens with one attached hydrogen (secondary N) is 1. The summed E-state index contributed by atoms with van der Waals surface area (Å²) in [4.78, 5) is 31.6. The van der Waals surface area contributed by atoms with E-state index in [4.69, 9.17) is 0 Å². The van der Waals surface area contributed by atoms with Crippen LogP contribution in [0.3, 0.4) is 0 Å². The second-order valence-electron chi connectivity index (χ2n) is 6.27. The molecule has 1 saturated carbocycles. The quantitative estimate of drug-likeness (QED) is 0.776. The number of amides is 2. The predicted molar refractivity (Wildman–Crippen MR) is 106 cm³/mol. The lowest BCUT2D eigenvalue weighted by atomic mass is 10.2. The van der Waals surface area contributed by atoms with Crippen molar-refractivity contribution in [2.75, 3.05) is 11.9 Å². The van der Waals surface area contributed by atoms with Crippen molar-refractivity contribution in [1.82, 2.24) is 4.90 Å². The average molecular weight is 424 g/mol. The van der Waals surface area contributed by atoms with Gasteiger partial charge in [-0.2, -0.15) is 0 Å². The third kappa shape index (κ3) is 4.44. The zero-order valence-corrected chi connectivity index (χ0v) is 16.6. The van der Waals surface area contributed by atoms with Crippen LogP contribution in [-0.2, 0) is 9.59 Å². The van der Waals surface area contributed by atoms with Crippen LogP contribution in [0.25, 0.3) is 0 Å². The first-order valence-electron chi connectivity index (χ1n) is 8.68. The summed E-state index contributed by atoms with van der Waals surface area (Å²) in [5.41, 5.74) is 0.735. The summed E-state index contributed by atoms with van der Waals surface area (Å²) in [5, 5.41) is 3.28. The highest BCUT2D eigenvalue weighted by Gasteiger charge is 2.43. The summed E-state index contributed by atoms with van der Waals surface area (Å²) in [6.45, 7) is 2.62. The topological polar surface area (TPSA) is 61.8 Å². The summed E-state index contributed by atoms with van der Waals surface area (Å²) in [5.74, 6) is -0.104. The molecule has 25 heavy (non-hydrogen) atoms. The van der Waals surface area contributed by atoms with Gasteiger partial charge in [-0.15, -0.1) is 0 Å². The number of nitrogens with zero attached hydrogens (tertiary/aromatic N) is 2. The molecule has 0 bridgehead atoms. The minimum absolute atomic E-state index is 0.0371. The molecule has 1 aromatic carbocycles. The maximum Gasteiger partial charge on any atom is 0.242 e. The first-order chi connectivity index (χ1) is 12.1. The van der Waals surface area contributed by atoms with Gasteiger partial charge in [0.05, 0.1) is 0 Å². The molecule has 3 rings (SSSR count). The van der Waals surface area contributed by atoms with Crippen LogP contribution in [-0.4, -0.2) is 39.7 Å². The van der Waals surface area contributed by atoms with Crippen LogP contribution in [0.2, 0.25) is 0 Å². The van der Waals surface area contributed by atoms with Crippen molar-refractivity contribution in [3.05, 3.63) is 28.7 Å². The van der Waals surface area contributed by atoms with Crippen LogP contribution in [0.4, 0.5) is 5.69 Å². The molecule has 0 spiro atoms. The fourth-order valence-electron chi connectivity index (χ4n) is 3.27. The molecule has 0 radical (unpaired) electrons. The second kappa shape index (κ2) is 8.36. The van der Waals surface area contributed by atoms with Gasteiger partial charge in [-0.3, -0.25) is 19.5 Å². The Morgan fingerprint density at radius 1 is 1.32 bits per heavy atom. The Morgan fingerprint density at radius 3 is 2.64 bits per heavy atom. The summed E-state index contributed by atoms with van der Waals surface area (Å²) in [7, 11) is 0. The van der Waals surface area contributed by atoms with Gasteiger partial charge in [-0.1, -0.05) is 40.5 Å². The Hall–Kier alpha value is -1.34. The fraction of sp³-hybridized carbons (Fsp3) is 0.500. The third-order valence-corrected chi connectivity index (χ3v) is 6.17. The lowest BCUT2D eigenvalue weighted by molar-refractivity contribution is -0.129. The molecular formula is C18H22BrN3O2S. The van der Waals surface area contributed by atoms with E-state index in [1.165, 1.54) is 11.8 Å². The van der Waals surface area contributed by atoms with Gasteiger partial charge in [0.15, 0.2) is 5.17 Å². The maximum absolute atomic E-state index is 12.8. The molecule has 1 aromatic rings. The Balaban J connectivity index is 1.65. The van der Waals surface area contributed by atoms with Gasteiger partial charge in [0.25, 0.3) is 0 Å². The van der Waals surface area contributed by atoms with Crippen LogP contribution in [0.15, 0.2) is 33.7 Å². The van der Waals surface area contributed by atoms with Crippen molar-refractivity contribution in [2.24, 2.45) is 4.99 Å². The van der Waals surface area contributed by atoms with Gasteiger partial charge >= 0.3 is 0 Å². The van der Waals surface area contributed by atoms with Gasteiger partial charge in [0.2, 0.25) is 11.8 Å². The number of thioether (sulfide) groups is 1. The molecule has 1 heterocycles. The number of amidine groups is 1. The molecule has 0 aromatic heterocycles. The molecule has 1 atom stereocenters. The van der Waals surface area contributed by atoms with Crippen molar-refractivity contribution >= 4 is 50.4 Å². The highest BCUT2D eigenvalue weighted by molar-refractivity contribution is 9.10. The minimum atomic E-state index is -0.374. The molecule has 1 aliphatic carbocycles. The first kappa shape index (κ1) is 18.5. The molecule has 1 saturated heterocycles. The van der Waals surface area contributed by atoms with Crippen molar-refractivity contribution in [3.63, 3.8) is 0 Å². The zero-order chi connectivity index (χ0) is 17.8. The molecule has 5 nitrogen and oxygen atoms in total. The number of hydrogen-bond acceptors (Lipinski definition) is 4. The monoisotopic (exact) mass is 423 g/mol. The van der Waals surface area contributed by atoms with E-state index in [0.29, 0.717) is 6.54 Å². The Bertz CT molecular complexity index is 671. The molecule has 7 heteroatoms. The van der Waals surface area contributed by atoms with E-state index in [0.717, 1.165) is 41.0 Å². The maximum atomic E-state index is 12.8. The van der Waals surface area contributed by atoms with E-state index in [2.05, 4.69) is 26.2 Å². The van der Waals surface area contributed by atoms with Crippen molar-refractivity contribution in [1.29, 1.82) is 0 Å². The highest BCUT2D eigenvalue weighted by Crippen LogP contribution is 2.36. The first-order valence-corrected chi connectivity index (χ1v) is 10.4. The Kier molecular flexibility index (Phi) is 6.17. The Labute approximate surface area is 160 Å². The van der Waals surface area contributed by atoms with Crippen molar-refractivity contribution in [3.8, 4) is 0 Å². The SMILES string of the molecule is CCN=C1S[C@H](CC(=O)Nc2ccc(Br)cc2)C(=O)N1C1CCCC1. The van der Waals surface area contributed by atoms with Crippen LogP contribution in [0.1, 0.15) is 39.0 Å². The van der Waals surface area contributed by atoms with E-state index < -0.39 is 0 Å². The largest absolute Gasteiger partial charge is 0.326 e. The molecule has 2 fully saturated rings. The molecule has 2 amide bonds. The molecule has 134 valence electrons. The standard InChI is InChI=1S/C18H22BrN3O2S/c1-2-20-18-22(14-5-3-4-6-14)17(24)15(25-18)11-16(23)21-13-9-7-12(19)8-10-13/h7-10,14-15H,2-6,11H2,1H3,(H,21,23)/t15-/m1/s1. The van der Waals surface area contributed by atoms with Gasteiger partial charge in [0.1, 0.15) is 5.25 Å². The van der Waals surface area contributed by atoms with E-state index in [1.807, 2.05) is 36.1 Å². The number of carbonyl (C=O) groups excluding carboxylic acids is 2. The van der Waals surface area contributed by atoms with Gasteiger partial charge in [-0.25, -0.2) is 0 Å². The van der Waals surface area contributed by atoms with Gasteiger partial charge < -0.3 is 5.32 Å². The van der Waals surface area contributed by atoms with E-state index >= 15 is 0 Å². The molecule has 0 unspecified atom stereocenters. The Morgan fingerprint density at radius 2 is 2.00 bits per heavy atom. The highest BCUT2D eigenvalue weighted by atomic mass is 79.9. The van der Waals surface area contributed by atoms with E-state index in [-0.39, 0.29) is 29.5 Å². The van der Waals surface area contributed by atoms with Crippen LogP contribution >= 0.6 is 27.7 Å². The summed E-state index contributed by atoms with van der Waals surface area (Å²) >= 11 is 4.81. The van der Waals surface area contributed by atoms with Gasteiger partial charge in [-0.05, 0) is 44.0 Å². The number of rotatable bonds is 5. The molecular weight excluding hydrogens is 402 g/mol. The molecule has 2 aliphatic rings. The molecule has 1 N–H and O–H groups in total. The van der Waals surface area contributed by atoms with Gasteiger partial charge in [0, 0.05) is 29.2 Å². The van der Waals surface area contributed by atoms with E-state index in [9.17, 15) is 9.59 Å². The number of aliphatic imine (C=N–C) groups is 1. The fourth-order valence-corrected chi connectivity index (χ4v) is 4.80. The van der Waals surface area contributed by atoms with Crippen LogP contribution < -0.4 is 5.32 Å². The second-order valence-corrected chi connectivity index (χ2v) is 8.35. The number of benzene rings is 1. The lowest BCUT2D eigenvalue weighted by Crippen LogP contribution is -2.40. The summed E-state index contributed by atoms with van der Waals surface area (Å²) < 4.78 is 0.958. The number of anilines is 1. The summed E-state index contributed by atoms with van der Waals surface area (Å²) in [6.07, 6.45) is 4.56. The number of hydrogen-bond donors (Lipinski definition) is 1. The number of carbonyl (C=O) groups is 2. The predicted octanol–water partition coefficient (Wildman–Crippen LogP) is 4.04. The van der Waals surface area contributed by atoms with E-state index in [1.54, 1.807) is 0 Å². The van der Waals surface area contributed by atoms with Crippen molar-refractivity contribution < 1.29 is 9.59 Å². The summed E-state index contributed by atoms with van der Waals surface area (Å²) in [6, 6.07) is 7.67. The normalized spacial score (nSPS) is 22.8. The van der Waals surface area contributed by atoms with Crippen molar-refractivity contribution in [2.45, 2.75) is 50.3 Å². The zero-order valence-electron chi connectivity index (χ0n) is 14.2. The van der Waals surface area contributed by atoms with Crippen LogP contribution in [0.5, 0.6) is 0 Å². The average Bonchev–Trinajstić information content (AvgIpc) is 3.19. The minimum Gasteiger partial charge on any atom is -0.326 e. The lowest BCUT2D eigenvalue weighted by Gasteiger charge is -2.23. The third-order valence-electron chi connectivity index (χ3n) is 4.45. The smallest absolute Gasteiger partial charge is 0.242 e. The van der Waals surface area contributed by atoms with Crippen LogP contribution in [0, 0.1) is 0 Å². The number of halogens is 1. The molecule has 1 aliphatic heterocycles.